The van der Waals surface area contributed by atoms with Gasteiger partial charge in [0, 0.05) is 6.54 Å². The first-order valence-electron chi connectivity index (χ1n) is 5.94. The lowest BCUT2D eigenvalue weighted by molar-refractivity contribution is 0.435. The molecule has 0 bridgehead atoms. The minimum Gasteiger partial charge on any atom is -0.321 e. The maximum atomic E-state index is 12.4. The van der Waals surface area contributed by atoms with Gasteiger partial charge in [0.05, 0.1) is 16.9 Å². The SMILES string of the molecule is Cc1cccc2nc3n(c(=O)c12)CCCC3N. The average Bonchev–Trinajstić information content (AvgIpc) is 2.31. The molecule has 17 heavy (non-hydrogen) atoms. The van der Waals surface area contributed by atoms with Crippen LogP contribution in [-0.2, 0) is 6.54 Å². The molecule has 0 radical (unpaired) electrons. The molecule has 1 unspecified atom stereocenters. The van der Waals surface area contributed by atoms with Crippen LogP contribution in [0.25, 0.3) is 10.9 Å². The highest BCUT2D eigenvalue weighted by atomic mass is 16.1. The van der Waals surface area contributed by atoms with Crippen LogP contribution in [0.2, 0.25) is 0 Å². The maximum Gasteiger partial charge on any atom is 0.261 e. The Kier molecular flexibility index (Phi) is 2.26. The predicted molar refractivity (Wildman–Crippen MR) is 66.9 cm³/mol. The van der Waals surface area contributed by atoms with Gasteiger partial charge in [-0.2, -0.15) is 0 Å². The fraction of sp³-hybridized carbons (Fsp3) is 0.385. The van der Waals surface area contributed by atoms with Crippen LogP contribution in [0.4, 0.5) is 0 Å². The van der Waals surface area contributed by atoms with Gasteiger partial charge in [0.25, 0.3) is 5.56 Å². The van der Waals surface area contributed by atoms with Crippen molar-refractivity contribution in [3.8, 4) is 0 Å². The molecule has 88 valence electrons. The van der Waals surface area contributed by atoms with Crippen molar-refractivity contribution in [3.05, 3.63) is 39.9 Å². The predicted octanol–water partition coefficient (Wildman–Crippen LogP) is 1.50. The highest BCUT2D eigenvalue weighted by Crippen LogP contribution is 2.22. The first-order valence-corrected chi connectivity index (χ1v) is 5.94. The topological polar surface area (TPSA) is 60.9 Å². The van der Waals surface area contributed by atoms with Crippen LogP contribution in [0, 0.1) is 6.92 Å². The zero-order valence-corrected chi connectivity index (χ0v) is 9.81. The van der Waals surface area contributed by atoms with Crippen LogP contribution >= 0.6 is 0 Å². The number of hydrogen-bond acceptors (Lipinski definition) is 3. The Morgan fingerprint density at radius 1 is 1.47 bits per heavy atom. The van der Waals surface area contributed by atoms with E-state index in [1.54, 1.807) is 4.57 Å². The Labute approximate surface area is 99.1 Å². The maximum absolute atomic E-state index is 12.4. The van der Waals surface area contributed by atoms with Gasteiger partial charge < -0.3 is 5.73 Å². The largest absolute Gasteiger partial charge is 0.321 e. The van der Waals surface area contributed by atoms with Gasteiger partial charge in [-0.3, -0.25) is 9.36 Å². The van der Waals surface area contributed by atoms with Crippen molar-refractivity contribution in [2.45, 2.75) is 32.4 Å². The molecular formula is C13H15N3O. The zero-order valence-electron chi connectivity index (χ0n) is 9.81. The van der Waals surface area contributed by atoms with E-state index in [9.17, 15) is 4.79 Å². The van der Waals surface area contributed by atoms with Crippen LogP contribution in [0.15, 0.2) is 23.0 Å². The minimum absolute atomic E-state index is 0.0539. The smallest absolute Gasteiger partial charge is 0.261 e. The van der Waals surface area contributed by atoms with Crippen molar-refractivity contribution >= 4 is 10.9 Å². The van der Waals surface area contributed by atoms with Gasteiger partial charge in [-0.15, -0.1) is 0 Å². The molecule has 2 aromatic rings. The summed E-state index contributed by atoms with van der Waals surface area (Å²) in [5, 5.41) is 0.727. The summed E-state index contributed by atoms with van der Waals surface area (Å²) < 4.78 is 1.74. The Bertz CT molecular complexity index is 645. The van der Waals surface area contributed by atoms with Gasteiger partial charge in [-0.25, -0.2) is 4.98 Å². The molecular weight excluding hydrogens is 214 g/mol. The molecule has 2 heterocycles. The van der Waals surface area contributed by atoms with E-state index in [0.29, 0.717) is 0 Å². The fourth-order valence-electron chi connectivity index (χ4n) is 2.54. The fourth-order valence-corrected chi connectivity index (χ4v) is 2.54. The van der Waals surface area contributed by atoms with Crippen LogP contribution in [0.5, 0.6) is 0 Å². The second-order valence-electron chi connectivity index (χ2n) is 4.64. The number of nitrogens with zero attached hydrogens (tertiary/aromatic N) is 2. The quantitative estimate of drug-likeness (QED) is 0.744. The number of aromatic nitrogens is 2. The number of rotatable bonds is 0. The van der Waals surface area contributed by atoms with Crippen molar-refractivity contribution in [1.29, 1.82) is 0 Å². The van der Waals surface area contributed by atoms with Crippen molar-refractivity contribution in [2.75, 3.05) is 0 Å². The number of nitrogens with two attached hydrogens (primary N) is 1. The van der Waals surface area contributed by atoms with Crippen LogP contribution in [-0.4, -0.2) is 9.55 Å². The molecule has 3 rings (SSSR count). The van der Waals surface area contributed by atoms with Crippen molar-refractivity contribution in [2.24, 2.45) is 5.73 Å². The third kappa shape index (κ3) is 1.48. The Morgan fingerprint density at radius 2 is 2.29 bits per heavy atom. The molecule has 4 heteroatoms. The van der Waals surface area contributed by atoms with Crippen LogP contribution in [0.1, 0.15) is 30.3 Å². The second-order valence-corrected chi connectivity index (χ2v) is 4.64. The normalized spacial score (nSPS) is 19.3. The average molecular weight is 229 g/mol. The van der Waals surface area contributed by atoms with E-state index in [0.717, 1.165) is 41.7 Å². The molecule has 0 amide bonds. The summed E-state index contributed by atoms with van der Waals surface area (Å²) >= 11 is 0. The van der Waals surface area contributed by atoms with Crippen molar-refractivity contribution in [1.82, 2.24) is 9.55 Å². The lowest BCUT2D eigenvalue weighted by Crippen LogP contribution is -2.33. The number of aryl methyl sites for hydroxylation is 1. The summed E-state index contributed by atoms with van der Waals surface area (Å²) in [7, 11) is 0. The Hall–Kier alpha value is -1.68. The zero-order chi connectivity index (χ0) is 12.0. The molecule has 1 aromatic carbocycles. The van der Waals surface area contributed by atoms with E-state index >= 15 is 0 Å². The number of hydrogen-bond donors (Lipinski definition) is 1. The Balaban J connectivity index is 2.44. The molecule has 1 aliphatic heterocycles. The van der Waals surface area contributed by atoms with Gasteiger partial charge in [0.1, 0.15) is 5.82 Å². The second kappa shape index (κ2) is 3.67. The summed E-state index contributed by atoms with van der Waals surface area (Å²) in [4.78, 5) is 17.0. The summed E-state index contributed by atoms with van der Waals surface area (Å²) in [6.07, 6.45) is 1.86. The van der Waals surface area contributed by atoms with E-state index in [1.807, 2.05) is 25.1 Å². The molecule has 0 aliphatic carbocycles. The van der Waals surface area contributed by atoms with Crippen molar-refractivity contribution in [3.63, 3.8) is 0 Å². The molecule has 0 saturated carbocycles. The summed E-state index contributed by atoms with van der Waals surface area (Å²) in [5.74, 6) is 0.736. The number of benzene rings is 1. The van der Waals surface area contributed by atoms with E-state index in [2.05, 4.69) is 4.98 Å². The van der Waals surface area contributed by atoms with Crippen LogP contribution < -0.4 is 11.3 Å². The van der Waals surface area contributed by atoms with Gasteiger partial charge in [0.2, 0.25) is 0 Å². The first kappa shape index (κ1) is 10.5. The van der Waals surface area contributed by atoms with Gasteiger partial charge in [0.15, 0.2) is 0 Å². The number of fused-ring (bicyclic) bond motifs is 2. The molecule has 0 saturated heterocycles. The molecule has 1 aromatic heterocycles. The van der Waals surface area contributed by atoms with Gasteiger partial charge >= 0.3 is 0 Å². The van der Waals surface area contributed by atoms with E-state index in [4.69, 9.17) is 5.73 Å². The lowest BCUT2D eigenvalue weighted by Gasteiger charge is -2.23. The van der Waals surface area contributed by atoms with Crippen molar-refractivity contribution < 1.29 is 0 Å². The van der Waals surface area contributed by atoms with Gasteiger partial charge in [-0.1, -0.05) is 12.1 Å². The highest BCUT2D eigenvalue weighted by molar-refractivity contribution is 5.81. The third-order valence-electron chi connectivity index (χ3n) is 3.45. The molecule has 0 fully saturated rings. The minimum atomic E-state index is -0.110. The molecule has 4 nitrogen and oxygen atoms in total. The summed E-state index contributed by atoms with van der Waals surface area (Å²) in [6.45, 7) is 2.68. The summed E-state index contributed by atoms with van der Waals surface area (Å²) in [6, 6.07) is 5.64. The van der Waals surface area contributed by atoms with E-state index in [-0.39, 0.29) is 11.6 Å². The Morgan fingerprint density at radius 3 is 3.12 bits per heavy atom. The monoisotopic (exact) mass is 229 g/mol. The molecule has 0 spiro atoms. The molecule has 1 atom stereocenters. The van der Waals surface area contributed by atoms with Gasteiger partial charge in [-0.05, 0) is 31.4 Å². The first-order chi connectivity index (χ1) is 8.18. The molecule has 1 aliphatic rings. The molecule has 2 N–H and O–H groups in total. The summed E-state index contributed by atoms with van der Waals surface area (Å²) in [5.41, 5.74) is 7.82. The highest BCUT2D eigenvalue weighted by Gasteiger charge is 2.21. The third-order valence-corrected chi connectivity index (χ3v) is 3.45. The standard InChI is InChI=1S/C13H15N3O/c1-8-4-2-6-10-11(8)13(17)16-7-3-5-9(14)12(16)15-10/h2,4,6,9H,3,5,7,14H2,1H3. The van der Waals surface area contributed by atoms with E-state index in [1.165, 1.54) is 0 Å². The van der Waals surface area contributed by atoms with Crippen LogP contribution in [0.3, 0.4) is 0 Å². The van der Waals surface area contributed by atoms with E-state index < -0.39 is 0 Å². The lowest BCUT2D eigenvalue weighted by atomic mass is 10.1.